The lowest BCUT2D eigenvalue weighted by atomic mass is 10.1. The number of primary amides is 1. The Labute approximate surface area is 163 Å². The minimum absolute atomic E-state index is 0.0574. The highest BCUT2D eigenvalue weighted by atomic mass is 32.2. The number of likely N-dealkylation sites (N-methyl/N-ethyl adjacent to an activating group) is 1. The molecule has 0 bridgehead atoms. The molecule has 0 spiro atoms. The van der Waals surface area contributed by atoms with E-state index in [1.165, 1.54) is 51.6 Å². The largest absolute Gasteiger partial charge is 0.493 e. The predicted molar refractivity (Wildman–Crippen MR) is 103 cm³/mol. The first-order valence-electron chi connectivity index (χ1n) is 8.07. The lowest BCUT2D eigenvalue weighted by Gasteiger charge is -2.18. The Bertz CT molecular complexity index is 991. The Morgan fingerprint density at radius 1 is 1.07 bits per heavy atom. The molecule has 2 aromatic carbocycles. The van der Waals surface area contributed by atoms with Crippen LogP contribution in [0.15, 0.2) is 47.4 Å². The summed E-state index contributed by atoms with van der Waals surface area (Å²) in [6.07, 6.45) is 0. The van der Waals surface area contributed by atoms with E-state index in [4.69, 9.17) is 15.2 Å². The third-order valence-electron chi connectivity index (χ3n) is 3.90. The zero-order valence-corrected chi connectivity index (χ0v) is 16.4. The lowest BCUT2D eigenvalue weighted by molar-refractivity contribution is -0.116. The van der Waals surface area contributed by atoms with Crippen molar-refractivity contribution >= 4 is 27.5 Å². The average molecular weight is 407 g/mol. The normalized spacial score (nSPS) is 11.1. The first-order valence-corrected chi connectivity index (χ1v) is 9.51. The van der Waals surface area contributed by atoms with E-state index in [1.807, 2.05) is 0 Å². The number of ether oxygens (including phenoxy) is 2. The van der Waals surface area contributed by atoms with Crippen LogP contribution in [0.3, 0.4) is 0 Å². The summed E-state index contributed by atoms with van der Waals surface area (Å²) >= 11 is 0. The molecule has 0 atom stereocenters. The van der Waals surface area contributed by atoms with E-state index in [1.54, 1.807) is 12.1 Å². The number of para-hydroxylation sites is 1. The number of nitrogens with one attached hydrogen (secondary N) is 1. The molecule has 10 heteroatoms. The van der Waals surface area contributed by atoms with Crippen LogP contribution in [0.2, 0.25) is 0 Å². The molecule has 0 unspecified atom stereocenters. The molecule has 9 nitrogen and oxygen atoms in total. The number of hydrogen-bond donors (Lipinski definition) is 2. The van der Waals surface area contributed by atoms with Crippen molar-refractivity contribution in [3.05, 3.63) is 48.0 Å². The number of rotatable bonds is 8. The SMILES string of the molecule is COc1ccc(S(=O)(=O)N(C)CC(=O)Nc2ccccc2C(N)=O)cc1OC. The van der Waals surface area contributed by atoms with Gasteiger partial charge in [-0.05, 0) is 24.3 Å². The van der Waals surface area contributed by atoms with Crippen molar-refractivity contribution in [1.82, 2.24) is 4.31 Å². The van der Waals surface area contributed by atoms with E-state index in [9.17, 15) is 18.0 Å². The molecule has 0 saturated carbocycles. The smallest absolute Gasteiger partial charge is 0.250 e. The summed E-state index contributed by atoms with van der Waals surface area (Å²) in [5.41, 5.74) is 5.60. The van der Waals surface area contributed by atoms with Gasteiger partial charge in [-0.15, -0.1) is 0 Å². The van der Waals surface area contributed by atoms with Gasteiger partial charge in [-0.25, -0.2) is 8.42 Å². The van der Waals surface area contributed by atoms with E-state index < -0.39 is 28.4 Å². The molecule has 2 aromatic rings. The Morgan fingerprint density at radius 3 is 2.32 bits per heavy atom. The van der Waals surface area contributed by atoms with Crippen LogP contribution >= 0.6 is 0 Å². The van der Waals surface area contributed by atoms with Crippen molar-refractivity contribution in [3.8, 4) is 11.5 Å². The molecule has 0 fully saturated rings. The molecule has 2 rings (SSSR count). The minimum atomic E-state index is -3.97. The number of carbonyl (C=O) groups is 2. The topological polar surface area (TPSA) is 128 Å². The van der Waals surface area contributed by atoms with E-state index in [2.05, 4.69) is 5.32 Å². The predicted octanol–water partition coefficient (Wildman–Crippen LogP) is 1.06. The van der Waals surface area contributed by atoms with Crippen LogP contribution in [-0.2, 0) is 14.8 Å². The zero-order chi connectivity index (χ0) is 20.9. The van der Waals surface area contributed by atoms with Gasteiger partial charge in [0.05, 0.1) is 36.9 Å². The van der Waals surface area contributed by atoms with Gasteiger partial charge in [-0.2, -0.15) is 4.31 Å². The fraction of sp³-hybridized carbons (Fsp3) is 0.222. The molecule has 0 heterocycles. The van der Waals surface area contributed by atoms with Gasteiger partial charge in [0.2, 0.25) is 15.9 Å². The molecule has 2 amide bonds. The summed E-state index contributed by atoms with van der Waals surface area (Å²) in [5, 5.41) is 2.50. The molecule has 28 heavy (non-hydrogen) atoms. The van der Waals surface area contributed by atoms with Crippen molar-refractivity contribution in [3.63, 3.8) is 0 Å². The van der Waals surface area contributed by atoms with E-state index >= 15 is 0 Å². The van der Waals surface area contributed by atoms with Crippen molar-refractivity contribution in [2.24, 2.45) is 5.73 Å². The molecule has 0 saturated heterocycles. The monoisotopic (exact) mass is 407 g/mol. The number of nitrogens with two attached hydrogens (primary N) is 1. The second-order valence-corrected chi connectivity index (χ2v) is 7.78. The minimum Gasteiger partial charge on any atom is -0.493 e. The zero-order valence-electron chi connectivity index (χ0n) is 15.6. The van der Waals surface area contributed by atoms with Crippen LogP contribution < -0.4 is 20.5 Å². The highest BCUT2D eigenvalue weighted by Crippen LogP contribution is 2.30. The van der Waals surface area contributed by atoms with Gasteiger partial charge < -0.3 is 20.5 Å². The Balaban J connectivity index is 2.18. The quantitative estimate of drug-likeness (QED) is 0.673. The van der Waals surface area contributed by atoms with Crippen LogP contribution in [0, 0.1) is 0 Å². The third kappa shape index (κ3) is 4.59. The highest BCUT2D eigenvalue weighted by molar-refractivity contribution is 7.89. The first-order chi connectivity index (χ1) is 13.2. The van der Waals surface area contributed by atoms with Gasteiger partial charge >= 0.3 is 0 Å². The fourth-order valence-corrected chi connectivity index (χ4v) is 3.58. The van der Waals surface area contributed by atoms with Crippen LogP contribution in [0.1, 0.15) is 10.4 Å². The summed E-state index contributed by atoms with van der Waals surface area (Å²) in [7, 11) is 0.132. The number of amides is 2. The molecule has 150 valence electrons. The Kier molecular flexibility index (Phi) is 6.60. The van der Waals surface area contributed by atoms with Crippen molar-refractivity contribution in [2.45, 2.75) is 4.90 Å². The van der Waals surface area contributed by atoms with Crippen LogP contribution in [0.5, 0.6) is 11.5 Å². The number of methoxy groups -OCH3 is 2. The summed E-state index contributed by atoms with van der Waals surface area (Å²) in [5.74, 6) is -0.704. The van der Waals surface area contributed by atoms with Crippen LogP contribution in [-0.4, -0.2) is 52.3 Å². The number of nitrogens with zero attached hydrogens (tertiary/aromatic N) is 1. The highest BCUT2D eigenvalue weighted by Gasteiger charge is 2.25. The molecule has 0 aliphatic heterocycles. The summed E-state index contributed by atoms with van der Waals surface area (Å²) < 4.78 is 36.6. The van der Waals surface area contributed by atoms with Gasteiger partial charge in [0.25, 0.3) is 5.91 Å². The van der Waals surface area contributed by atoms with E-state index in [-0.39, 0.29) is 21.9 Å². The van der Waals surface area contributed by atoms with Crippen molar-refractivity contribution in [2.75, 3.05) is 33.1 Å². The lowest BCUT2D eigenvalue weighted by Crippen LogP contribution is -2.35. The molecule has 0 aliphatic carbocycles. The maximum Gasteiger partial charge on any atom is 0.250 e. The molecule has 3 N–H and O–H groups in total. The maximum absolute atomic E-state index is 12.7. The molecule has 0 radical (unpaired) electrons. The van der Waals surface area contributed by atoms with Gasteiger partial charge in [0.1, 0.15) is 0 Å². The molecular weight excluding hydrogens is 386 g/mol. The number of hydrogen-bond acceptors (Lipinski definition) is 6. The second-order valence-electron chi connectivity index (χ2n) is 5.74. The second kappa shape index (κ2) is 8.72. The van der Waals surface area contributed by atoms with Crippen LogP contribution in [0.25, 0.3) is 0 Å². The summed E-state index contributed by atoms with van der Waals surface area (Å²) in [6, 6.07) is 10.3. The Morgan fingerprint density at radius 2 is 1.71 bits per heavy atom. The van der Waals surface area contributed by atoms with Crippen LogP contribution in [0.4, 0.5) is 5.69 Å². The third-order valence-corrected chi connectivity index (χ3v) is 5.70. The number of sulfonamides is 1. The van der Waals surface area contributed by atoms with E-state index in [0.29, 0.717) is 5.75 Å². The first kappa shape index (κ1) is 21.2. The number of benzene rings is 2. The average Bonchev–Trinajstić information content (AvgIpc) is 2.67. The molecule has 0 aliphatic rings. The van der Waals surface area contributed by atoms with Gasteiger partial charge in [0, 0.05) is 13.1 Å². The molecule has 0 aromatic heterocycles. The summed E-state index contributed by atoms with van der Waals surface area (Å²) in [4.78, 5) is 23.7. The van der Waals surface area contributed by atoms with Gasteiger partial charge in [0.15, 0.2) is 11.5 Å². The number of anilines is 1. The molecular formula is C18H21N3O6S. The number of carbonyl (C=O) groups excluding carboxylic acids is 2. The van der Waals surface area contributed by atoms with E-state index in [0.717, 1.165) is 4.31 Å². The van der Waals surface area contributed by atoms with Crippen molar-refractivity contribution in [1.29, 1.82) is 0 Å². The summed E-state index contributed by atoms with van der Waals surface area (Å²) in [6.45, 7) is -0.468. The van der Waals surface area contributed by atoms with Crippen molar-refractivity contribution < 1.29 is 27.5 Å². The van der Waals surface area contributed by atoms with Gasteiger partial charge in [-0.3, -0.25) is 9.59 Å². The van der Waals surface area contributed by atoms with Gasteiger partial charge in [-0.1, -0.05) is 12.1 Å². The Hall–Kier alpha value is -3.11. The maximum atomic E-state index is 12.7. The fourth-order valence-electron chi connectivity index (χ4n) is 2.44. The standard InChI is InChI=1S/C18H21N3O6S/c1-21(11-17(22)20-14-7-5-4-6-13(14)18(19)23)28(24,25)12-8-9-15(26-2)16(10-12)27-3/h4-10H,11H2,1-3H3,(H2,19,23)(H,20,22).